The molecule has 2 heteroatoms. The highest BCUT2D eigenvalue weighted by Crippen LogP contribution is 2.02. The molecule has 9 heavy (non-hydrogen) atoms. The molecule has 0 aromatic carbocycles. The van der Waals surface area contributed by atoms with Crippen LogP contribution >= 0.6 is 21.5 Å². The number of halogens is 1. The van der Waals surface area contributed by atoms with E-state index in [4.69, 9.17) is 11.6 Å². The van der Waals surface area contributed by atoms with Gasteiger partial charge in [-0.1, -0.05) is 32.6 Å². The molecule has 1 unspecified atom stereocenters. The molecule has 0 N–H and O–H groups in total. The molecule has 1 atom stereocenters. The van der Waals surface area contributed by atoms with E-state index in [-0.39, 0.29) is 9.90 Å². The van der Waals surface area contributed by atoms with Gasteiger partial charge in [0, 0.05) is 5.88 Å². The molecule has 0 amide bonds. The van der Waals surface area contributed by atoms with Crippen LogP contribution in [0.1, 0.15) is 39.0 Å². The van der Waals surface area contributed by atoms with Gasteiger partial charge in [-0.05, 0) is 6.42 Å². The van der Waals surface area contributed by atoms with E-state index in [2.05, 4.69) is 6.92 Å². The van der Waals surface area contributed by atoms with Crippen LogP contribution in [0.25, 0.3) is 0 Å². The normalized spacial score (nSPS) is 8.67. The number of hydrogen-bond acceptors (Lipinski definition) is 0. The first-order valence-corrected chi connectivity index (χ1v) is 4.01. The Bertz CT molecular complexity index is 33.9. The Balaban J connectivity index is 0. The monoisotopic (exact) mass is 168 g/mol. The minimum atomic E-state index is 0. The summed E-state index contributed by atoms with van der Waals surface area (Å²) >= 11 is 5.48. The largest absolute Gasteiger partial charge is 0.153 e. The van der Waals surface area contributed by atoms with Crippen molar-refractivity contribution in [3.8, 4) is 0 Å². The summed E-state index contributed by atoms with van der Waals surface area (Å²) in [6.45, 7) is 2.22. The zero-order valence-corrected chi connectivity index (χ0v) is 8.50. The van der Waals surface area contributed by atoms with Crippen LogP contribution in [-0.2, 0) is 0 Å². The summed E-state index contributed by atoms with van der Waals surface area (Å²) in [6, 6.07) is 0. The van der Waals surface area contributed by atoms with Gasteiger partial charge in [0.2, 0.25) is 0 Å². The van der Waals surface area contributed by atoms with Crippen molar-refractivity contribution >= 4 is 21.5 Å². The molecule has 0 aliphatic carbocycles. The Morgan fingerprint density at radius 2 is 1.56 bits per heavy atom. The number of unbranched alkanes of at least 4 members (excludes halogenated alkanes) is 4. The molecule has 0 radical (unpaired) electrons. The van der Waals surface area contributed by atoms with Crippen LogP contribution in [-0.4, -0.2) is 5.88 Å². The van der Waals surface area contributed by atoms with Gasteiger partial charge in [-0.25, -0.2) is 0 Å². The lowest BCUT2D eigenvalue weighted by atomic mass is 10.2. The lowest BCUT2D eigenvalue weighted by Gasteiger charge is -1.93. The first-order valence-electron chi connectivity index (χ1n) is 3.47. The Morgan fingerprint density at radius 1 is 1.00 bits per heavy atom. The van der Waals surface area contributed by atoms with Crippen LogP contribution in [0.4, 0.5) is 0 Å². The summed E-state index contributed by atoms with van der Waals surface area (Å²) in [5.41, 5.74) is 0. The summed E-state index contributed by atoms with van der Waals surface area (Å²) in [7, 11) is 0. The van der Waals surface area contributed by atoms with Gasteiger partial charge in [-0.3, -0.25) is 0 Å². The predicted molar refractivity (Wildman–Crippen MR) is 50.6 cm³/mol. The quantitative estimate of drug-likeness (QED) is 0.336. The van der Waals surface area contributed by atoms with Crippen LogP contribution in [0.5, 0.6) is 0 Å². The second kappa shape index (κ2) is 11.5. The fourth-order valence-corrected chi connectivity index (χ4v) is 0.887. The highest BCUT2D eigenvalue weighted by atomic mass is 35.5. The maximum Gasteiger partial charge on any atom is 0.0223 e. The molecule has 0 aromatic rings. The van der Waals surface area contributed by atoms with Gasteiger partial charge < -0.3 is 0 Å². The molecule has 58 valence electrons. The molecule has 0 saturated carbocycles. The number of rotatable bonds is 5. The fraction of sp³-hybridized carbons (Fsp3) is 1.00. The van der Waals surface area contributed by atoms with Gasteiger partial charge in [0.15, 0.2) is 0 Å². The van der Waals surface area contributed by atoms with Gasteiger partial charge in [-0.2, -0.15) is 9.90 Å². The molecule has 0 bridgehead atoms. The van der Waals surface area contributed by atoms with E-state index in [1.54, 1.807) is 0 Å². The van der Waals surface area contributed by atoms with Crippen molar-refractivity contribution in [1.82, 2.24) is 0 Å². The van der Waals surface area contributed by atoms with Gasteiger partial charge in [-0.15, -0.1) is 11.6 Å². The van der Waals surface area contributed by atoms with Crippen molar-refractivity contribution in [2.24, 2.45) is 0 Å². The average molecular weight is 169 g/mol. The standard InChI is InChI=1S/C7H15Cl.H3P/c1-2-3-4-5-6-7-8;/h2-7H2,1H3;1H3. The molecule has 0 spiro atoms. The highest BCUT2D eigenvalue weighted by molar-refractivity contribution is 6.92. The summed E-state index contributed by atoms with van der Waals surface area (Å²) in [5, 5.41) is 0. The lowest BCUT2D eigenvalue weighted by Crippen LogP contribution is -1.76. The van der Waals surface area contributed by atoms with E-state index in [0.717, 1.165) is 5.88 Å². The van der Waals surface area contributed by atoms with Crippen LogP contribution in [0, 0.1) is 0 Å². The SMILES string of the molecule is CCCCCCCCl.P. The Hall–Kier alpha value is 0.720. The van der Waals surface area contributed by atoms with Crippen molar-refractivity contribution in [2.45, 2.75) is 39.0 Å². The molecule has 0 heterocycles. The maximum absolute atomic E-state index is 5.48. The topological polar surface area (TPSA) is 0 Å². The molecule has 0 fully saturated rings. The summed E-state index contributed by atoms with van der Waals surface area (Å²) < 4.78 is 0. The van der Waals surface area contributed by atoms with Gasteiger partial charge in [0.25, 0.3) is 0 Å². The fourth-order valence-electron chi connectivity index (χ4n) is 0.698. The third-order valence-electron chi connectivity index (χ3n) is 1.24. The number of hydrogen-bond donors (Lipinski definition) is 0. The second-order valence-electron chi connectivity index (χ2n) is 2.10. The first-order chi connectivity index (χ1) is 3.91. The van der Waals surface area contributed by atoms with E-state index < -0.39 is 0 Å². The Kier molecular flexibility index (Phi) is 15.9. The zero-order chi connectivity index (χ0) is 6.24. The van der Waals surface area contributed by atoms with E-state index in [0.29, 0.717) is 0 Å². The van der Waals surface area contributed by atoms with Crippen molar-refractivity contribution in [1.29, 1.82) is 0 Å². The average Bonchev–Trinajstić information content (AvgIpc) is 1.81. The van der Waals surface area contributed by atoms with Crippen LogP contribution in [0.2, 0.25) is 0 Å². The highest BCUT2D eigenvalue weighted by Gasteiger charge is 1.84. The van der Waals surface area contributed by atoms with E-state index in [1.165, 1.54) is 32.1 Å². The molecule has 0 nitrogen and oxygen atoms in total. The van der Waals surface area contributed by atoms with Crippen molar-refractivity contribution in [3.05, 3.63) is 0 Å². The van der Waals surface area contributed by atoms with Crippen LogP contribution in [0.15, 0.2) is 0 Å². The second-order valence-corrected chi connectivity index (χ2v) is 2.48. The molecule has 0 aliphatic rings. The van der Waals surface area contributed by atoms with E-state index in [9.17, 15) is 0 Å². The van der Waals surface area contributed by atoms with Gasteiger partial charge in [0.05, 0.1) is 0 Å². The van der Waals surface area contributed by atoms with E-state index >= 15 is 0 Å². The third-order valence-corrected chi connectivity index (χ3v) is 1.50. The minimum Gasteiger partial charge on any atom is -0.153 e. The Labute approximate surface area is 67.0 Å². The molecule has 0 aliphatic heterocycles. The molecule has 0 aromatic heterocycles. The molecule has 0 rings (SSSR count). The smallest absolute Gasteiger partial charge is 0.0223 e. The summed E-state index contributed by atoms with van der Waals surface area (Å²) in [5.74, 6) is 0.837. The van der Waals surface area contributed by atoms with Gasteiger partial charge >= 0.3 is 0 Å². The zero-order valence-electron chi connectivity index (χ0n) is 6.33. The van der Waals surface area contributed by atoms with Gasteiger partial charge in [0.1, 0.15) is 0 Å². The maximum atomic E-state index is 5.48. The van der Waals surface area contributed by atoms with Crippen LogP contribution < -0.4 is 0 Å². The van der Waals surface area contributed by atoms with Crippen LogP contribution in [0.3, 0.4) is 0 Å². The molecule has 0 saturated heterocycles. The molecular formula is C7H18ClP. The van der Waals surface area contributed by atoms with E-state index in [1.807, 2.05) is 0 Å². The molecular weight excluding hydrogens is 151 g/mol. The van der Waals surface area contributed by atoms with Crippen molar-refractivity contribution in [2.75, 3.05) is 5.88 Å². The lowest BCUT2D eigenvalue weighted by molar-refractivity contribution is 0.658. The first kappa shape index (κ1) is 12.4. The summed E-state index contributed by atoms with van der Waals surface area (Å²) in [6.07, 6.45) is 6.57. The van der Waals surface area contributed by atoms with Crippen molar-refractivity contribution in [3.63, 3.8) is 0 Å². The Morgan fingerprint density at radius 3 is 2.00 bits per heavy atom. The predicted octanol–water partition coefficient (Wildman–Crippen LogP) is 3.25. The number of alkyl halides is 1. The minimum absolute atomic E-state index is 0. The van der Waals surface area contributed by atoms with Crippen molar-refractivity contribution < 1.29 is 0 Å². The third kappa shape index (κ3) is 12.0. The summed E-state index contributed by atoms with van der Waals surface area (Å²) in [4.78, 5) is 0.